The molecule has 0 N–H and O–H groups in total. The summed E-state index contributed by atoms with van der Waals surface area (Å²) in [6.07, 6.45) is 2.19. The minimum absolute atomic E-state index is 0.464. The van der Waals surface area contributed by atoms with E-state index in [1.807, 2.05) is 0 Å². The Kier molecular flexibility index (Phi) is 8.10. The Morgan fingerprint density at radius 3 is 1.62 bits per heavy atom. The Balaban J connectivity index is 0.000000212. The molecular formula is C24H42N4O. The summed E-state index contributed by atoms with van der Waals surface area (Å²) in [6.45, 7) is 23.6. The summed E-state index contributed by atoms with van der Waals surface area (Å²) >= 11 is 0. The van der Waals surface area contributed by atoms with E-state index in [9.17, 15) is 0 Å². The van der Waals surface area contributed by atoms with Crippen LogP contribution in [-0.4, -0.2) is 32.8 Å². The van der Waals surface area contributed by atoms with Crippen LogP contribution in [0.25, 0.3) is 0 Å². The van der Waals surface area contributed by atoms with Gasteiger partial charge in [0.15, 0.2) is 0 Å². The van der Waals surface area contributed by atoms with Crippen LogP contribution in [0.5, 0.6) is 0 Å². The Hall–Kier alpha value is -1.62. The van der Waals surface area contributed by atoms with Crippen LogP contribution >= 0.6 is 0 Å². The molecule has 1 fully saturated rings. The standard InChI is InChI=1S/C13H22N2O.C11H20N2/c1-9(2)13-10(3)14-15(11(13)4)12-5-7-16-8-6-12;1-7(2)11-9(5)12-13(8(3)4)10(11)6/h9,12H,5-8H2,1-4H3;7-8H,1-6H3. The zero-order valence-electron chi connectivity index (χ0n) is 20.3. The third-order valence-corrected chi connectivity index (χ3v) is 5.94. The van der Waals surface area contributed by atoms with Crippen molar-refractivity contribution in [3.63, 3.8) is 0 Å². The normalized spacial score (nSPS) is 15.3. The number of ether oxygens (including phenoxy) is 1. The van der Waals surface area contributed by atoms with Crippen LogP contribution in [0.1, 0.15) is 112 Å². The number of aryl methyl sites for hydroxylation is 2. The summed E-state index contributed by atoms with van der Waals surface area (Å²) in [5.74, 6) is 1.14. The Morgan fingerprint density at radius 2 is 1.24 bits per heavy atom. The van der Waals surface area contributed by atoms with Crippen molar-refractivity contribution >= 4 is 0 Å². The molecule has 0 bridgehead atoms. The van der Waals surface area contributed by atoms with Crippen LogP contribution in [0.2, 0.25) is 0 Å². The van der Waals surface area contributed by atoms with Gasteiger partial charge >= 0.3 is 0 Å². The lowest BCUT2D eigenvalue weighted by Gasteiger charge is -2.23. The summed E-state index contributed by atoms with van der Waals surface area (Å²) in [7, 11) is 0. The molecule has 1 aliphatic heterocycles. The first-order valence-electron chi connectivity index (χ1n) is 11.2. The fraction of sp³-hybridized carbons (Fsp3) is 0.750. The SMILES string of the molecule is Cc1nn(C(C)C)c(C)c1C(C)C.Cc1nn(C2CCOCC2)c(C)c1C(C)C. The van der Waals surface area contributed by atoms with Gasteiger partial charge in [0, 0.05) is 30.6 Å². The molecule has 2 aromatic heterocycles. The van der Waals surface area contributed by atoms with Crippen LogP contribution < -0.4 is 0 Å². The van der Waals surface area contributed by atoms with E-state index in [4.69, 9.17) is 9.84 Å². The predicted molar refractivity (Wildman–Crippen MR) is 121 cm³/mol. The maximum atomic E-state index is 5.40. The Labute approximate surface area is 177 Å². The molecule has 3 rings (SSSR count). The van der Waals surface area contributed by atoms with E-state index in [1.165, 1.54) is 33.9 Å². The second-order valence-electron chi connectivity index (χ2n) is 9.30. The zero-order valence-corrected chi connectivity index (χ0v) is 20.3. The van der Waals surface area contributed by atoms with Crippen molar-refractivity contribution in [3.8, 4) is 0 Å². The summed E-state index contributed by atoms with van der Waals surface area (Å²) in [5, 5.41) is 9.26. The van der Waals surface area contributed by atoms with Gasteiger partial charge in [-0.1, -0.05) is 27.7 Å². The molecule has 2 aromatic rings. The molecule has 5 heteroatoms. The largest absolute Gasteiger partial charge is 0.381 e. The highest BCUT2D eigenvalue weighted by atomic mass is 16.5. The predicted octanol–water partition coefficient (Wildman–Crippen LogP) is 6.18. The minimum Gasteiger partial charge on any atom is -0.381 e. The molecule has 0 aromatic carbocycles. The van der Waals surface area contributed by atoms with Gasteiger partial charge in [-0.2, -0.15) is 10.2 Å². The van der Waals surface area contributed by atoms with Crippen molar-refractivity contribution < 1.29 is 4.74 Å². The number of hydrogen-bond acceptors (Lipinski definition) is 3. The highest BCUT2D eigenvalue weighted by Gasteiger charge is 2.22. The average molecular weight is 403 g/mol. The van der Waals surface area contributed by atoms with Gasteiger partial charge < -0.3 is 4.74 Å². The number of nitrogens with zero attached hydrogens (tertiary/aromatic N) is 4. The molecule has 164 valence electrons. The first-order chi connectivity index (χ1) is 13.6. The fourth-order valence-electron chi connectivity index (χ4n) is 4.81. The smallest absolute Gasteiger partial charge is 0.0631 e. The van der Waals surface area contributed by atoms with Gasteiger partial charge in [-0.15, -0.1) is 0 Å². The third kappa shape index (κ3) is 5.30. The molecule has 0 spiro atoms. The molecule has 0 amide bonds. The van der Waals surface area contributed by atoms with Gasteiger partial charge in [0.1, 0.15) is 0 Å². The lowest BCUT2D eigenvalue weighted by molar-refractivity contribution is 0.0656. The fourth-order valence-corrected chi connectivity index (χ4v) is 4.81. The van der Waals surface area contributed by atoms with Crippen molar-refractivity contribution in [3.05, 3.63) is 33.9 Å². The van der Waals surface area contributed by atoms with E-state index < -0.39 is 0 Å². The number of hydrogen-bond donors (Lipinski definition) is 0. The van der Waals surface area contributed by atoms with E-state index in [-0.39, 0.29) is 0 Å². The molecule has 29 heavy (non-hydrogen) atoms. The van der Waals surface area contributed by atoms with Gasteiger partial charge in [-0.05, 0) is 77.3 Å². The average Bonchev–Trinajstić information content (AvgIpc) is 3.11. The molecule has 0 atom stereocenters. The molecule has 1 aliphatic rings. The van der Waals surface area contributed by atoms with E-state index >= 15 is 0 Å². The summed E-state index contributed by atoms with van der Waals surface area (Å²) in [4.78, 5) is 0. The van der Waals surface area contributed by atoms with E-state index in [0.29, 0.717) is 23.9 Å². The molecule has 0 radical (unpaired) electrons. The van der Waals surface area contributed by atoms with Gasteiger partial charge in [-0.25, -0.2) is 0 Å². The molecule has 0 saturated carbocycles. The molecule has 5 nitrogen and oxygen atoms in total. The number of rotatable bonds is 4. The molecule has 1 saturated heterocycles. The van der Waals surface area contributed by atoms with Crippen molar-refractivity contribution in [1.29, 1.82) is 0 Å². The maximum absolute atomic E-state index is 5.40. The van der Waals surface area contributed by atoms with Crippen LogP contribution in [0.15, 0.2) is 0 Å². The van der Waals surface area contributed by atoms with Gasteiger partial charge in [0.05, 0.1) is 17.4 Å². The van der Waals surface area contributed by atoms with Crippen LogP contribution in [-0.2, 0) is 4.74 Å². The molecular weight excluding hydrogens is 360 g/mol. The summed E-state index contributed by atoms with van der Waals surface area (Å²) < 4.78 is 9.75. The molecule has 3 heterocycles. The summed E-state index contributed by atoms with van der Waals surface area (Å²) in [5.41, 5.74) is 7.88. The second kappa shape index (κ2) is 9.92. The quantitative estimate of drug-likeness (QED) is 0.613. The molecule has 0 aliphatic carbocycles. The van der Waals surface area contributed by atoms with Crippen LogP contribution in [0.3, 0.4) is 0 Å². The van der Waals surface area contributed by atoms with E-state index in [1.54, 1.807) is 0 Å². The zero-order chi connectivity index (χ0) is 21.9. The third-order valence-electron chi connectivity index (χ3n) is 5.94. The minimum atomic E-state index is 0.464. The lowest BCUT2D eigenvalue weighted by Crippen LogP contribution is -2.21. The topological polar surface area (TPSA) is 44.9 Å². The first-order valence-corrected chi connectivity index (χ1v) is 11.2. The van der Waals surface area contributed by atoms with Gasteiger partial charge in [0.2, 0.25) is 0 Å². The molecule has 0 unspecified atom stereocenters. The highest BCUT2D eigenvalue weighted by Crippen LogP contribution is 2.28. The lowest BCUT2D eigenvalue weighted by atomic mass is 10.0. The Bertz CT molecular complexity index is 792. The number of aromatic nitrogens is 4. The van der Waals surface area contributed by atoms with Crippen LogP contribution in [0, 0.1) is 27.7 Å². The van der Waals surface area contributed by atoms with Crippen molar-refractivity contribution in [2.45, 2.75) is 106 Å². The first kappa shape index (κ1) is 23.7. The Morgan fingerprint density at radius 1 is 0.759 bits per heavy atom. The van der Waals surface area contributed by atoms with Gasteiger partial charge in [0.25, 0.3) is 0 Å². The van der Waals surface area contributed by atoms with Gasteiger partial charge in [-0.3, -0.25) is 9.36 Å². The van der Waals surface area contributed by atoms with Crippen LogP contribution in [0.4, 0.5) is 0 Å². The second-order valence-corrected chi connectivity index (χ2v) is 9.30. The highest BCUT2D eigenvalue weighted by molar-refractivity contribution is 5.28. The van der Waals surface area contributed by atoms with Crippen molar-refractivity contribution in [1.82, 2.24) is 19.6 Å². The monoisotopic (exact) mass is 402 g/mol. The maximum Gasteiger partial charge on any atom is 0.0631 e. The summed E-state index contributed by atoms with van der Waals surface area (Å²) in [6, 6.07) is 1.01. The van der Waals surface area contributed by atoms with Crippen molar-refractivity contribution in [2.75, 3.05) is 13.2 Å². The van der Waals surface area contributed by atoms with E-state index in [2.05, 4.69) is 83.7 Å². The van der Waals surface area contributed by atoms with Crippen molar-refractivity contribution in [2.24, 2.45) is 0 Å². The van der Waals surface area contributed by atoms with E-state index in [0.717, 1.165) is 26.1 Å².